The predicted octanol–water partition coefficient (Wildman–Crippen LogP) is -3.29. The number of carbonyl (C=O) groups excluding carboxylic acids is 1. The number of aliphatic hydroxyl groups excluding tert-OH is 5. The average molecular weight is 252 g/mol. The van der Waals surface area contributed by atoms with Crippen LogP contribution in [0.25, 0.3) is 0 Å². The Balaban J connectivity index is 2.75. The number of rotatable bonds is 3. The predicted molar refractivity (Wildman–Crippen MR) is 51.5 cm³/mol. The van der Waals surface area contributed by atoms with Crippen LogP contribution >= 0.6 is 0 Å². The van der Waals surface area contributed by atoms with Gasteiger partial charge in [0.05, 0.1) is 6.61 Å². The Morgan fingerprint density at radius 3 is 2.41 bits per heavy atom. The first-order valence-electron chi connectivity index (χ1n) is 5.07. The summed E-state index contributed by atoms with van der Waals surface area (Å²) in [6, 6.07) is 0. The third kappa shape index (κ3) is 3.12. The summed E-state index contributed by atoms with van der Waals surface area (Å²) < 4.78 is 9.32. The Labute approximate surface area is 97.0 Å². The molecule has 5 N–H and O–H groups in total. The van der Waals surface area contributed by atoms with Gasteiger partial charge in [0.1, 0.15) is 24.4 Å². The lowest BCUT2D eigenvalue weighted by Crippen LogP contribution is -2.60. The molecule has 17 heavy (non-hydrogen) atoms. The highest BCUT2D eigenvalue weighted by molar-refractivity contribution is 5.74. The summed E-state index contributed by atoms with van der Waals surface area (Å²) in [5.74, 6) is -1.06. The van der Waals surface area contributed by atoms with Crippen LogP contribution in [-0.2, 0) is 14.3 Å². The van der Waals surface area contributed by atoms with Crippen LogP contribution in [0.3, 0.4) is 0 Å². The van der Waals surface area contributed by atoms with E-state index in [-0.39, 0.29) is 0 Å². The summed E-state index contributed by atoms with van der Waals surface area (Å²) in [5, 5.41) is 46.2. The second-order valence-corrected chi connectivity index (χ2v) is 3.81. The van der Waals surface area contributed by atoms with Gasteiger partial charge in [-0.1, -0.05) is 0 Å². The molecule has 1 fully saturated rings. The maximum absolute atomic E-state index is 11.1. The fourth-order valence-corrected chi connectivity index (χ4v) is 1.44. The van der Waals surface area contributed by atoms with E-state index in [4.69, 9.17) is 10.2 Å². The van der Waals surface area contributed by atoms with Gasteiger partial charge < -0.3 is 35.0 Å². The molecular weight excluding hydrogens is 236 g/mol. The molecule has 0 aromatic carbocycles. The Morgan fingerprint density at radius 1 is 1.35 bits per heavy atom. The highest BCUT2D eigenvalue weighted by atomic mass is 16.7. The molecule has 0 aromatic heterocycles. The Morgan fingerprint density at radius 2 is 1.94 bits per heavy atom. The molecule has 8 nitrogen and oxygen atoms in total. The van der Waals surface area contributed by atoms with Crippen LogP contribution in [-0.4, -0.2) is 74.9 Å². The van der Waals surface area contributed by atoms with Crippen molar-refractivity contribution < 1.29 is 39.8 Å². The van der Waals surface area contributed by atoms with Gasteiger partial charge in [0.25, 0.3) is 0 Å². The number of aliphatic hydroxyl groups is 5. The van der Waals surface area contributed by atoms with E-state index >= 15 is 0 Å². The number of esters is 1. The van der Waals surface area contributed by atoms with Gasteiger partial charge in [-0.15, -0.1) is 0 Å². The van der Waals surface area contributed by atoms with Gasteiger partial charge in [0, 0.05) is 0 Å². The van der Waals surface area contributed by atoms with Gasteiger partial charge in [0.2, 0.25) is 0 Å². The maximum Gasteiger partial charge on any atom is 0.335 e. The van der Waals surface area contributed by atoms with Gasteiger partial charge in [-0.05, 0) is 6.92 Å². The van der Waals surface area contributed by atoms with E-state index in [2.05, 4.69) is 9.47 Å². The summed E-state index contributed by atoms with van der Waals surface area (Å²) in [4.78, 5) is 11.1. The summed E-state index contributed by atoms with van der Waals surface area (Å²) in [7, 11) is 0. The third-order valence-electron chi connectivity index (χ3n) is 2.43. The Bertz CT molecular complexity index is 268. The number of ether oxygens (including phenoxy) is 2. The van der Waals surface area contributed by atoms with Crippen molar-refractivity contribution in [2.24, 2.45) is 0 Å². The minimum Gasteiger partial charge on any atom is -0.455 e. The zero-order chi connectivity index (χ0) is 13.2. The van der Waals surface area contributed by atoms with Gasteiger partial charge in [0.15, 0.2) is 12.4 Å². The van der Waals surface area contributed by atoms with Crippen molar-refractivity contribution in [1.29, 1.82) is 0 Å². The molecular formula is C9H16O8. The molecule has 1 aliphatic rings. The van der Waals surface area contributed by atoms with E-state index in [1.54, 1.807) is 0 Å². The summed E-state index contributed by atoms with van der Waals surface area (Å²) in [6.07, 6.45) is -8.93. The van der Waals surface area contributed by atoms with Crippen LogP contribution in [0.1, 0.15) is 6.92 Å². The fraction of sp³-hybridized carbons (Fsp3) is 0.889. The van der Waals surface area contributed by atoms with Gasteiger partial charge in [-0.25, -0.2) is 4.79 Å². The smallest absolute Gasteiger partial charge is 0.335 e. The molecule has 6 atom stereocenters. The standard InChI is InChI=1S/C9H16O8/c1-3(11)8(14)17-7-5(12)4(2-10)16-9(15)6(7)13/h3-7,9-13,15H,2H2,1H3/t3-,4+,5-,6+,7-,9-/m0/s1. The molecule has 0 unspecified atom stereocenters. The van der Waals surface area contributed by atoms with E-state index < -0.39 is 49.4 Å². The molecule has 100 valence electrons. The summed E-state index contributed by atoms with van der Waals surface area (Å²) >= 11 is 0. The highest BCUT2D eigenvalue weighted by Gasteiger charge is 2.46. The zero-order valence-corrected chi connectivity index (χ0v) is 9.13. The monoisotopic (exact) mass is 252 g/mol. The first-order valence-corrected chi connectivity index (χ1v) is 5.07. The third-order valence-corrected chi connectivity index (χ3v) is 2.43. The molecule has 0 spiro atoms. The van der Waals surface area contributed by atoms with Crippen LogP contribution in [0.4, 0.5) is 0 Å². The topological polar surface area (TPSA) is 137 Å². The van der Waals surface area contributed by atoms with E-state index in [0.717, 1.165) is 6.92 Å². The van der Waals surface area contributed by atoms with Crippen molar-refractivity contribution in [2.75, 3.05) is 6.61 Å². The average Bonchev–Trinajstić information content (AvgIpc) is 2.28. The van der Waals surface area contributed by atoms with Crippen molar-refractivity contribution in [3.63, 3.8) is 0 Å². The first kappa shape index (κ1) is 14.3. The molecule has 0 saturated carbocycles. The number of carbonyl (C=O) groups is 1. The maximum atomic E-state index is 11.1. The van der Waals surface area contributed by atoms with Gasteiger partial charge in [-0.2, -0.15) is 0 Å². The lowest BCUT2D eigenvalue weighted by molar-refractivity contribution is -0.290. The Hall–Kier alpha value is -0.770. The van der Waals surface area contributed by atoms with E-state index in [9.17, 15) is 20.1 Å². The molecule has 0 amide bonds. The van der Waals surface area contributed by atoms with Gasteiger partial charge >= 0.3 is 5.97 Å². The molecule has 0 aliphatic carbocycles. The van der Waals surface area contributed by atoms with Crippen molar-refractivity contribution in [1.82, 2.24) is 0 Å². The van der Waals surface area contributed by atoms with E-state index in [1.165, 1.54) is 0 Å². The van der Waals surface area contributed by atoms with Crippen molar-refractivity contribution in [2.45, 2.75) is 43.7 Å². The second-order valence-electron chi connectivity index (χ2n) is 3.81. The largest absolute Gasteiger partial charge is 0.455 e. The van der Waals surface area contributed by atoms with Gasteiger partial charge in [-0.3, -0.25) is 0 Å². The normalized spacial score (nSPS) is 39.8. The minimum absolute atomic E-state index is 0.617. The molecule has 1 saturated heterocycles. The molecule has 0 radical (unpaired) electrons. The molecule has 0 bridgehead atoms. The minimum atomic E-state index is -1.69. The van der Waals surface area contributed by atoms with Crippen molar-refractivity contribution in [3.05, 3.63) is 0 Å². The SMILES string of the molecule is C[C@H](O)C(=O)O[C@@H]1[C@@H](O)[C@@H](O)O[C@H](CO)[C@@H]1O. The summed E-state index contributed by atoms with van der Waals surface area (Å²) in [5.41, 5.74) is 0. The highest BCUT2D eigenvalue weighted by Crippen LogP contribution is 2.22. The lowest BCUT2D eigenvalue weighted by atomic mass is 9.99. The van der Waals surface area contributed by atoms with Crippen LogP contribution < -0.4 is 0 Å². The first-order chi connectivity index (χ1) is 7.88. The van der Waals surface area contributed by atoms with Crippen molar-refractivity contribution in [3.8, 4) is 0 Å². The molecule has 1 rings (SSSR count). The van der Waals surface area contributed by atoms with E-state index in [1.807, 2.05) is 0 Å². The fourth-order valence-electron chi connectivity index (χ4n) is 1.44. The Kier molecular flexibility index (Phi) is 4.80. The van der Waals surface area contributed by atoms with Crippen molar-refractivity contribution >= 4 is 5.97 Å². The lowest BCUT2D eigenvalue weighted by Gasteiger charge is -2.39. The molecule has 0 aromatic rings. The zero-order valence-electron chi connectivity index (χ0n) is 9.13. The molecule has 8 heteroatoms. The number of hydrogen-bond acceptors (Lipinski definition) is 8. The van der Waals surface area contributed by atoms with Crippen LogP contribution in [0.5, 0.6) is 0 Å². The number of hydrogen-bond donors (Lipinski definition) is 5. The van der Waals surface area contributed by atoms with Crippen LogP contribution in [0, 0.1) is 0 Å². The molecule has 1 aliphatic heterocycles. The van der Waals surface area contributed by atoms with Crippen LogP contribution in [0.15, 0.2) is 0 Å². The van der Waals surface area contributed by atoms with E-state index in [0.29, 0.717) is 0 Å². The molecule has 1 heterocycles. The second kappa shape index (κ2) is 5.71. The van der Waals surface area contributed by atoms with Crippen LogP contribution in [0.2, 0.25) is 0 Å². The summed E-state index contributed by atoms with van der Waals surface area (Å²) in [6.45, 7) is 0.536. The quantitative estimate of drug-likeness (QED) is 0.330.